The minimum atomic E-state index is 0.0280. The molecule has 1 aromatic carbocycles. The highest BCUT2D eigenvalue weighted by Crippen LogP contribution is 2.41. The van der Waals surface area contributed by atoms with E-state index >= 15 is 0 Å². The lowest BCUT2D eigenvalue weighted by atomic mass is 9.80. The van der Waals surface area contributed by atoms with Crippen molar-refractivity contribution in [3.63, 3.8) is 0 Å². The van der Waals surface area contributed by atoms with Gasteiger partial charge in [0.15, 0.2) is 11.4 Å². The number of carbonyl (C=O) groups is 1. The molecule has 0 spiro atoms. The fourth-order valence-corrected chi connectivity index (χ4v) is 3.51. The Morgan fingerprint density at radius 1 is 1.26 bits per heavy atom. The van der Waals surface area contributed by atoms with Gasteiger partial charge in [0.05, 0.1) is 0 Å². The van der Waals surface area contributed by atoms with Crippen LogP contribution in [0, 0.1) is 5.41 Å². The molecule has 0 unspecified atom stereocenters. The van der Waals surface area contributed by atoms with E-state index in [1.165, 1.54) is 11.8 Å². The molecule has 19 heavy (non-hydrogen) atoms. The number of aromatic nitrogens is 1. The van der Waals surface area contributed by atoms with Gasteiger partial charge in [0, 0.05) is 6.42 Å². The smallest absolute Gasteiger partial charge is 0.261 e. The van der Waals surface area contributed by atoms with Crippen LogP contribution in [0.15, 0.2) is 44.9 Å². The largest absolute Gasteiger partial charge is 0.431 e. The van der Waals surface area contributed by atoms with Gasteiger partial charge >= 0.3 is 0 Å². The minimum absolute atomic E-state index is 0.0280. The van der Waals surface area contributed by atoms with Crippen LogP contribution in [0.5, 0.6) is 0 Å². The molecule has 0 N–H and O–H groups in total. The summed E-state index contributed by atoms with van der Waals surface area (Å²) in [5.41, 5.74) is 1.67. The number of ketones is 1. The summed E-state index contributed by atoms with van der Waals surface area (Å²) < 4.78 is 5.67. The maximum Gasteiger partial charge on any atom is 0.261 e. The molecule has 1 heterocycles. The summed E-state index contributed by atoms with van der Waals surface area (Å²) in [6, 6.07) is 7.68. The van der Waals surface area contributed by atoms with E-state index in [4.69, 9.17) is 4.42 Å². The molecule has 98 valence electrons. The lowest BCUT2D eigenvalue weighted by molar-refractivity contribution is -0.116. The van der Waals surface area contributed by atoms with Crippen LogP contribution in [-0.2, 0) is 4.79 Å². The first kappa shape index (κ1) is 12.5. The number of hydrogen-bond donors (Lipinski definition) is 0. The molecule has 3 rings (SSSR count). The summed E-state index contributed by atoms with van der Waals surface area (Å²) in [5, 5.41) is 0.609. The third-order valence-corrected chi connectivity index (χ3v) is 3.99. The molecule has 3 nitrogen and oxygen atoms in total. The average molecular weight is 273 g/mol. The van der Waals surface area contributed by atoms with E-state index in [1.807, 2.05) is 24.3 Å². The average Bonchev–Trinajstić information content (AvgIpc) is 2.67. The van der Waals surface area contributed by atoms with Gasteiger partial charge in [0.2, 0.25) is 0 Å². The van der Waals surface area contributed by atoms with E-state index in [1.54, 1.807) is 6.08 Å². The van der Waals surface area contributed by atoms with E-state index in [9.17, 15) is 4.79 Å². The Morgan fingerprint density at radius 2 is 2.05 bits per heavy atom. The first-order valence-corrected chi connectivity index (χ1v) is 7.10. The van der Waals surface area contributed by atoms with Gasteiger partial charge in [-0.2, -0.15) is 0 Å². The Kier molecular flexibility index (Phi) is 2.97. The molecule has 1 aromatic heterocycles. The van der Waals surface area contributed by atoms with E-state index < -0.39 is 0 Å². The van der Waals surface area contributed by atoms with Gasteiger partial charge in [0.25, 0.3) is 5.22 Å². The number of benzene rings is 1. The quantitative estimate of drug-likeness (QED) is 0.822. The molecule has 4 heteroatoms. The highest BCUT2D eigenvalue weighted by atomic mass is 32.2. The zero-order valence-corrected chi connectivity index (χ0v) is 11.8. The summed E-state index contributed by atoms with van der Waals surface area (Å²) in [4.78, 5) is 17.2. The number of nitrogens with zero attached hydrogens (tertiary/aromatic N) is 1. The zero-order chi connectivity index (χ0) is 13.5. The van der Waals surface area contributed by atoms with Gasteiger partial charge in [-0.3, -0.25) is 4.79 Å². The summed E-state index contributed by atoms with van der Waals surface area (Å²) in [6.45, 7) is 4.23. The first-order chi connectivity index (χ1) is 9.02. The van der Waals surface area contributed by atoms with Crippen molar-refractivity contribution in [3.8, 4) is 0 Å². The molecular formula is C15H15NO2S. The van der Waals surface area contributed by atoms with Crippen molar-refractivity contribution < 1.29 is 9.21 Å². The van der Waals surface area contributed by atoms with Crippen molar-refractivity contribution in [1.29, 1.82) is 0 Å². The second kappa shape index (κ2) is 4.53. The topological polar surface area (TPSA) is 43.1 Å². The Labute approximate surface area is 116 Å². The highest BCUT2D eigenvalue weighted by molar-refractivity contribution is 8.02. The van der Waals surface area contributed by atoms with Crippen molar-refractivity contribution in [2.75, 3.05) is 0 Å². The fraction of sp³-hybridized carbons (Fsp3) is 0.333. The van der Waals surface area contributed by atoms with Crippen LogP contribution in [0.1, 0.15) is 26.7 Å². The maximum absolute atomic E-state index is 11.7. The van der Waals surface area contributed by atoms with Gasteiger partial charge in [-0.15, -0.1) is 0 Å². The van der Waals surface area contributed by atoms with Gasteiger partial charge in [0.1, 0.15) is 5.52 Å². The van der Waals surface area contributed by atoms with Crippen LogP contribution in [-0.4, -0.2) is 10.8 Å². The Balaban J connectivity index is 1.86. The SMILES string of the molecule is CC1(C)CC(=O)C=C(Sc2nc3ccccc3o2)C1. The van der Waals surface area contributed by atoms with Gasteiger partial charge in [-0.1, -0.05) is 26.0 Å². The Morgan fingerprint density at radius 3 is 2.79 bits per heavy atom. The normalized spacial score (nSPS) is 18.6. The molecule has 0 atom stereocenters. The van der Waals surface area contributed by atoms with Crippen LogP contribution >= 0.6 is 11.8 Å². The second-order valence-corrected chi connectivity index (χ2v) is 6.72. The van der Waals surface area contributed by atoms with Gasteiger partial charge < -0.3 is 4.42 Å². The molecule has 1 aliphatic carbocycles. The van der Waals surface area contributed by atoms with Gasteiger partial charge in [-0.25, -0.2) is 4.98 Å². The number of fused-ring (bicyclic) bond motifs is 1. The summed E-state index contributed by atoms with van der Waals surface area (Å²) in [7, 11) is 0. The lowest BCUT2D eigenvalue weighted by Crippen LogP contribution is -2.20. The molecule has 0 fully saturated rings. The molecule has 0 radical (unpaired) electrons. The fourth-order valence-electron chi connectivity index (χ4n) is 2.36. The number of rotatable bonds is 2. The van der Waals surface area contributed by atoms with Crippen LogP contribution in [0.3, 0.4) is 0 Å². The highest BCUT2D eigenvalue weighted by Gasteiger charge is 2.28. The Hall–Kier alpha value is -1.55. The monoisotopic (exact) mass is 273 g/mol. The second-order valence-electron chi connectivity index (χ2n) is 5.64. The van der Waals surface area contributed by atoms with Crippen LogP contribution in [0.25, 0.3) is 11.1 Å². The molecule has 0 bridgehead atoms. The summed E-state index contributed by atoms with van der Waals surface area (Å²) in [5.74, 6) is 0.190. The van der Waals surface area contributed by atoms with Crippen molar-refractivity contribution in [3.05, 3.63) is 35.2 Å². The molecule has 1 aliphatic rings. The Bertz CT molecular complexity index is 637. The maximum atomic E-state index is 11.7. The number of carbonyl (C=O) groups excluding carboxylic acids is 1. The summed E-state index contributed by atoms with van der Waals surface area (Å²) >= 11 is 1.46. The van der Waals surface area contributed by atoms with E-state index in [0.29, 0.717) is 11.6 Å². The molecule has 0 amide bonds. The summed E-state index contributed by atoms with van der Waals surface area (Å²) in [6.07, 6.45) is 3.23. The molecule has 0 saturated carbocycles. The number of oxazole rings is 1. The van der Waals surface area contributed by atoms with Crippen LogP contribution in [0.4, 0.5) is 0 Å². The van der Waals surface area contributed by atoms with Crippen molar-refractivity contribution in [2.45, 2.75) is 31.9 Å². The number of para-hydroxylation sites is 2. The predicted molar refractivity (Wildman–Crippen MR) is 76.0 cm³/mol. The number of thioether (sulfide) groups is 1. The number of allylic oxidation sites excluding steroid dienone is 2. The molecular weight excluding hydrogens is 258 g/mol. The molecule has 0 aliphatic heterocycles. The van der Waals surface area contributed by atoms with E-state index in [2.05, 4.69) is 18.8 Å². The van der Waals surface area contributed by atoms with Crippen molar-refractivity contribution in [1.82, 2.24) is 4.98 Å². The third-order valence-electron chi connectivity index (χ3n) is 3.12. The third kappa shape index (κ3) is 2.73. The standard InChI is InChI=1S/C15H15NO2S/c1-15(2)8-10(17)7-11(9-15)19-14-16-12-5-3-4-6-13(12)18-14/h3-7H,8-9H2,1-2H3. The molecule has 2 aromatic rings. The van der Waals surface area contributed by atoms with Gasteiger partial charge in [-0.05, 0) is 46.7 Å². The predicted octanol–water partition coefficient (Wildman–Crippen LogP) is 4.19. The van der Waals surface area contributed by atoms with E-state index in [-0.39, 0.29) is 11.2 Å². The minimum Gasteiger partial charge on any atom is -0.431 e. The van der Waals surface area contributed by atoms with Crippen molar-refractivity contribution >= 4 is 28.6 Å². The zero-order valence-electron chi connectivity index (χ0n) is 11.0. The van der Waals surface area contributed by atoms with Crippen molar-refractivity contribution in [2.24, 2.45) is 5.41 Å². The van der Waals surface area contributed by atoms with Crippen LogP contribution in [0.2, 0.25) is 0 Å². The van der Waals surface area contributed by atoms with Crippen LogP contribution < -0.4 is 0 Å². The number of hydrogen-bond acceptors (Lipinski definition) is 4. The molecule has 0 saturated heterocycles. The van der Waals surface area contributed by atoms with E-state index in [0.717, 1.165) is 22.4 Å². The lowest BCUT2D eigenvalue weighted by Gasteiger charge is -2.27. The first-order valence-electron chi connectivity index (χ1n) is 6.29.